The topological polar surface area (TPSA) is 57.6 Å². The van der Waals surface area contributed by atoms with Crippen molar-refractivity contribution in [3.63, 3.8) is 0 Å². The number of sulfonamides is 1. The SMILES string of the molecule is C=CCN(CCO)S(=O)(=O)Cc1ccc(C)cc1F. The summed E-state index contributed by atoms with van der Waals surface area (Å²) in [5.41, 5.74) is 0.856. The molecule has 19 heavy (non-hydrogen) atoms. The van der Waals surface area contributed by atoms with Crippen LogP contribution in [0, 0.1) is 12.7 Å². The van der Waals surface area contributed by atoms with Crippen LogP contribution < -0.4 is 0 Å². The number of aliphatic hydroxyl groups is 1. The van der Waals surface area contributed by atoms with Gasteiger partial charge >= 0.3 is 0 Å². The van der Waals surface area contributed by atoms with E-state index in [4.69, 9.17) is 5.11 Å². The van der Waals surface area contributed by atoms with Crippen molar-refractivity contribution in [1.29, 1.82) is 0 Å². The van der Waals surface area contributed by atoms with Crippen LogP contribution in [0.2, 0.25) is 0 Å². The van der Waals surface area contributed by atoms with Crippen molar-refractivity contribution in [2.45, 2.75) is 12.7 Å². The van der Waals surface area contributed by atoms with Gasteiger partial charge in [0.05, 0.1) is 12.4 Å². The molecule has 0 amide bonds. The van der Waals surface area contributed by atoms with Gasteiger partial charge in [-0.2, -0.15) is 4.31 Å². The van der Waals surface area contributed by atoms with Crippen LogP contribution in [0.1, 0.15) is 11.1 Å². The highest BCUT2D eigenvalue weighted by Gasteiger charge is 2.22. The molecule has 1 aromatic rings. The van der Waals surface area contributed by atoms with E-state index in [1.165, 1.54) is 18.2 Å². The molecule has 0 saturated carbocycles. The fraction of sp³-hybridized carbons (Fsp3) is 0.385. The molecular weight excluding hydrogens is 269 g/mol. The average Bonchev–Trinajstić information content (AvgIpc) is 2.32. The molecule has 0 bridgehead atoms. The van der Waals surface area contributed by atoms with Crippen LogP contribution in [0.4, 0.5) is 4.39 Å². The second-order valence-electron chi connectivity index (χ2n) is 4.22. The first-order valence-corrected chi connectivity index (χ1v) is 7.46. The van der Waals surface area contributed by atoms with Crippen molar-refractivity contribution >= 4 is 10.0 Å². The van der Waals surface area contributed by atoms with E-state index in [1.54, 1.807) is 13.0 Å². The number of benzene rings is 1. The van der Waals surface area contributed by atoms with Crippen molar-refractivity contribution < 1.29 is 17.9 Å². The highest BCUT2D eigenvalue weighted by Crippen LogP contribution is 2.15. The maximum Gasteiger partial charge on any atom is 0.218 e. The fourth-order valence-corrected chi connectivity index (χ4v) is 3.16. The Morgan fingerprint density at radius 3 is 2.68 bits per heavy atom. The summed E-state index contributed by atoms with van der Waals surface area (Å²) in [6, 6.07) is 4.43. The highest BCUT2D eigenvalue weighted by molar-refractivity contribution is 7.88. The highest BCUT2D eigenvalue weighted by atomic mass is 32.2. The third-order valence-electron chi connectivity index (χ3n) is 2.62. The lowest BCUT2D eigenvalue weighted by molar-refractivity contribution is 0.260. The summed E-state index contributed by atoms with van der Waals surface area (Å²) in [6.45, 7) is 4.98. The first kappa shape index (κ1) is 15.8. The minimum Gasteiger partial charge on any atom is -0.395 e. The van der Waals surface area contributed by atoms with Gasteiger partial charge in [0.1, 0.15) is 5.82 Å². The van der Waals surface area contributed by atoms with Crippen LogP contribution in [0.5, 0.6) is 0 Å². The molecule has 0 radical (unpaired) electrons. The van der Waals surface area contributed by atoms with Gasteiger partial charge in [-0.1, -0.05) is 18.2 Å². The summed E-state index contributed by atoms with van der Waals surface area (Å²) in [5.74, 6) is -0.960. The average molecular weight is 287 g/mol. The largest absolute Gasteiger partial charge is 0.395 e. The molecule has 0 aliphatic rings. The maximum absolute atomic E-state index is 13.7. The molecule has 0 saturated heterocycles. The number of rotatable bonds is 7. The molecule has 0 fully saturated rings. The second-order valence-corrected chi connectivity index (χ2v) is 6.19. The van der Waals surface area contributed by atoms with E-state index in [2.05, 4.69) is 6.58 Å². The van der Waals surface area contributed by atoms with Crippen LogP contribution in [-0.4, -0.2) is 37.5 Å². The minimum absolute atomic E-state index is 0.0260. The maximum atomic E-state index is 13.7. The van der Waals surface area contributed by atoms with Gasteiger partial charge in [-0.05, 0) is 18.6 Å². The van der Waals surface area contributed by atoms with Crippen molar-refractivity contribution in [3.05, 3.63) is 47.8 Å². The molecule has 0 atom stereocenters. The van der Waals surface area contributed by atoms with Gasteiger partial charge in [0.15, 0.2) is 0 Å². The Morgan fingerprint density at radius 1 is 1.47 bits per heavy atom. The first-order chi connectivity index (χ1) is 8.90. The summed E-state index contributed by atoms with van der Waals surface area (Å²) < 4.78 is 39.0. The molecule has 6 heteroatoms. The summed E-state index contributed by atoms with van der Waals surface area (Å²) in [4.78, 5) is 0. The van der Waals surface area contributed by atoms with Crippen molar-refractivity contribution in [2.24, 2.45) is 0 Å². The summed E-state index contributed by atoms with van der Waals surface area (Å²) >= 11 is 0. The lowest BCUT2D eigenvalue weighted by atomic mass is 10.2. The summed E-state index contributed by atoms with van der Waals surface area (Å²) in [6.07, 6.45) is 1.43. The third kappa shape index (κ3) is 4.41. The van der Waals surface area contributed by atoms with Crippen molar-refractivity contribution in [2.75, 3.05) is 19.7 Å². The molecule has 0 aliphatic carbocycles. The van der Waals surface area contributed by atoms with Gasteiger partial charge in [0.2, 0.25) is 10.0 Å². The van der Waals surface area contributed by atoms with E-state index in [0.29, 0.717) is 0 Å². The molecule has 1 N–H and O–H groups in total. The smallest absolute Gasteiger partial charge is 0.218 e. The van der Waals surface area contributed by atoms with E-state index < -0.39 is 21.6 Å². The number of aliphatic hydroxyl groups excluding tert-OH is 1. The minimum atomic E-state index is -3.67. The zero-order chi connectivity index (χ0) is 14.5. The number of hydrogen-bond acceptors (Lipinski definition) is 3. The monoisotopic (exact) mass is 287 g/mol. The number of aryl methyl sites for hydroxylation is 1. The Hall–Kier alpha value is -1.24. The van der Waals surface area contributed by atoms with E-state index >= 15 is 0 Å². The van der Waals surface area contributed by atoms with Gasteiger partial charge in [0.25, 0.3) is 0 Å². The molecule has 1 aromatic carbocycles. The quantitative estimate of drug-likeness (QED) is 0.772. The Kier molecular flexibility index (Phi) is 5.65. The van der Waals surface area contributed by atoms with Gasteiger partial charge in [-0.3, -0.25) is 0 Å². The Morgan fingerprint density at radius 2 is 2.16 bits per heavy atom. The van der Waals surface area contributed by atoms with Crippen molar-refractivity contribution in [1.82, 2.24) is 4.31 Å². The molecule has 1 rings (SSSR count). The lowest BCUT2D eigenvalue weighted by Crippen LogP contribution is -2.34. The first-order valence-electron chi connectivity index (χ1n) is 5.85. The Bertz CT molecular complexity index is 543. The van der Waals surface area contributed by atoms with E-state index in [0.717, 1.165) is 9.87 Å². The number of hydrogen-bond donors (Lipinski definition) is 1. The molecule has 0 unspecified atom stereocenters. The predicted octanol–water partition coefficient (Wildman–Crippen LogP) is 1.44. The Labute approximate surface area is 113 Å². The van der Waals surface area contributed by atoms with Crippen molar-refractivity contribution in [3.8, 4) is 0 Å². The summed E-state index contributed by atoms with van der Waals surface area (Å²) in [5, 5.41) is 8.87. The molecule has 0 heterocycles. The normalized spacial score (nSPS) is 11.8. The zero-order valence-corrected chi connectivity index (χ0v) is 11.7. The predicted molar refractivity (Wildman–Crippen MR) is 72.6 cm³/mol. The van der Waals surface area contributed by atoms with E-state index in [9.17, 15) is 12.8 Å². The van der Waals surface area contributed by atoms with Crippen LogP contribution in [0.3, 0.4) is 0 Å². The van der Waals surface area contributed by atoms with E-state index in [-0.39, 0.29) is 25.3 Å². The second kappa shape index (κ2) is 6.79. The number of halogens is 1. The van der Waals surface area contributed by atoms with Gasteiger partial charge in [-0.15, -0.1) is 6.58 Å². The lowest BCUT2D eigenvalue weighted by Gasteiger charge is -2.19. The molecule has 0 aromatic heterocycles. The van der Waals surface area contributed by atoms with Crippen LogP contribution in [0.15, 0.2) is 30.9 Å². The molecular formula is C13H18FNO3S. The summed E-state index contributed by atoms with van der Waals surface area (Å²) in [7, 11) is -3.67. The van der Waals surface area contributed by atoms with E-state index in [1.807, 2.05) is 0 Å². The van der Waals surface area contributed by atoms with Gasteiger partial charge in [-0.25, -0.2) is 12.8 Å². The molecule has 4 nitrogen and oxygen atoms in total. The number of nitrogens with zero attached hydrogens (tertiary/aromatic N) is 1. The Balaban J connectivity index is 2.96. The van der Waals surface area contributed by atoms with Crippen LogP contribution >= 0.6 is 0 Å². The zero-order valence-electron chi connectivity index (χ0n) is 10.8. The third-order valence-corrected chi connectivity index (χ3v) is 4.42. The van der Waals surface area contributed by atoms with Gasteiger partial charge < -0.3 is 5.11 Å². The van der Waals surface area contributed by atoms with Crippen LogP contribution in [-0.2, 0) is 15.8 Å². The molecule has 106 valence electrons. The standard InChI is InChI=1S/C13H18FNO3S/c1-3-6-15(7-8-16)19(17,18)10-12-5-4-11(2)9-13(12)14/h3-5,9,16H,1,6-8,10H2,2H3. The fourth-order valence-electron chi connectivity index (χ4n) is 1.66. The van der Waals surface area contributed by atoms with Gasteiger partial charge in [0, 0.05) is 18.7 Å². The molecule has 0 aliphatic heterocycles. The molecule has 0 spiro atoms. The van der Waals surface area contributed by atoms with Crippen LogP contribution in [0.25, 0.3) is 0 Å².